The summed E-state index contributed by atoms with van der Waals surface area (Å²) in [5, 5.41) is 9.32. The maximum absolute atomic E-state index is 9.32. The van der Waals surface area contributed by atoms with Gasteiger partial charge in [-0.05, 0) is 38.3 Å². The van der Waals surface area contributed by atoms with E-state index in [1.807, 2.05) is 0 Å². The van der Waals surface area contributed by atoms with E-state index in [4.69, 9.17) is 0 Å². The summed E-state index contributed by atoms with van der Waals surface area (Å²) >= 11 is 0. The van der Waals surface area contributed by atoms with Crippen molar-refractivity contribution < 1.29 is 0 Å². The molecule has 1 aliphatic rings. The molecule has 0 amide bonds. The van der Waals surface area contributed by atoms with Gasteiger partial charge in [-0.25, -0.2) is 0 Å². The molecule has 1 heterocycles. The predicted octanol–water partition coefficient (Wildman–Crippen LogP) is 2.41. The van der Waals surface area contributed by atoms with Gasteiger partial charge >= 0.3 is 0 Å². The van der Waals surface area contributed by atoms with E-state index in [0.29, 0.717) is 5.92 Å². The Morgan fingerprint density at radius 3 is 2.23 bits per heavy atom. The van der Waals surface area contributed by atoms with Crippen molar-refractivity contribution in [2.45, 2.75) is 45.6 Å². The Labute approximate surface area is 81.5 Å². The van der Waals surface area contributed by atoms with Crippen molar-refractivity contribution >= 4 is 0 Å². The van der Waals surface area contributed by atoms with Gasteiger partial charge in [-0.1, -0.05) is 20.8 Å². The maximum Gasteiger partial charge on any atom is 0.111 e. The molecule has 13 heavy (non-hydrogen) atoms. The molecule has 2 heteroatoms. The predicted molar refractivity (Wildman–Crippen MR) is 54.3 cm³/mol. The first-order valence-corrected chi connectivity index (χ1v) is 5.33. The molecular weight excluding hydrogens is 160 g/mol. The first-order chi connectivity index (χ1) is 6.17. The van der Waals surface area contributed by atoms with Crippen LogP contribution in [0.1, 0.15) is 40.0 Å². The van der Waals surface area contributed by atoms with Crippen LogP contribution in [-0.4, -0.2) is 23.5 Å². The van der Waals surface area contributed by atoms with Crippen LogP contribution in [-0.2, 0) is 0 Å². The molecule has 0 spiro atoms. The van der Waals surface area contributed by atoms with Crippen LogP contribution in [0.3, 0.4) is 0 Å². The molecule has 1 rings (SSSR count). The van der Waals surface area contributed by atoms with Crippen molar-refractivity contribution in [3.8, 4) is 6.07 Å². The molecule has 0 aromatic rings. The van der Waals surface area contributed by atoms with Crippen LogP contribution in [0.5, 0.6) is 0 Å². The number of rotatable bonds is 3. The zero-order valence-corrected chi connectivity index (χ0v) is 9.01. The van der Waals surface area contributed by atoms with Gasteiger partial charge in [0.05, 0.1) is 6.07 Å². The molecule has 0 bridgehead atoms. The van der Waals surface area contributed by atoms with E-state index < -0.39 is 0 Å². The third kappa shape index (κ3) is 1.71. The molecular formula is C11H20N2. The van der Waals surface area contributed by atoms with E-state index in [1.165, 1.54) is 12.8 Å². The van der Waals surface area contributed by atoms with E-state index in [2.05, 4.69) is 31.7 Å². The van der Waals surface area contributed by atoms with Gasteiger partial charge in [0.1, 0.15) is 5.54 Å². The number of likely N-dealkylation sites (tertiary alicyclic amines) is 1. The van der Waals surface area contributed by atoms with Crippen LogP contribution in [0.2, 0.25) is 0 Å². The van der Waals surface area contributed by atoms with Crippen molar-refractivity contribution in [3.05, 3.63) is 0 Å². The lowest BCUT2D eigenvalue weighted by molar-refractivity contribution is 0.117. The number of hydrogen-bond acceptors (Lipinski definition) is 2. The van der Waals surface area contributed by atoms with Gasteiger partial charge in [-0.3, -0.25) is 4.90 Å². The van der Waals surface area contributed by atoms with E-state index >= 15 is 0 Å². The molecule has 1 atom stereocenters. The van der Waals surface area contributed by atoms with Gasteiger partial charge in [0.25, 0.3) is 0 Å². The Kier molecular flexibility index (Phi) is 3.33. The van der Waals surface area contributed by atoms with Crippen LogP contribution in [0.15, 0.2) is 0 Å². The quantitative estimate of drug-likeness (QED) is 0.667. The van der Waals surface area contributed by atoms with E-state index in [-0.39, 0.29) is 5.54 Å². The summed E-state index contributed by atoms with van der Waals surface area (Å²) < 4.78 is 0. The number of nitrogens with zero attached hydrogens (tertiary/aromatic N) is 2. The summed E-state index contributed by atoms with van der Waals surface area (Å²) in [4.78, 5) is 2.37. The third-order valence-electron chi connectivity index (χ3n) is 3.36. The second-order valence-corrected chi connectivity index (χ2v) is 4.24. The third-order valence-corrected chi connectivity index (χ3v) is 3.36. The highest BCUT2D eigenvalue weighted by Gasteiger charge is 2.39. The Morgan fingerprint density at radius 1 is 1.38 bits per heavy atom. The first kappa shape index (κ1) is 10.5. The molecule has 1 aliphatic heterocycles. The van der Waals surface area contributed by atoms with Gasteiger partial charge in [-0.15, -0.1) is 0 Å². The fourth-order valence-corrected chi connectivity index (χ4v) is 2.39. The highest BCUT2D eigenvalue weighted by molar-refractivity contribution is 5.10. The molecule has 0 saturated carbocycles. The standard InChI is InChI=1S/C11H20N2/c1-4-11(9-12,10(2)3)13-7-5-6-8-13/h10H,4-8H2,1-3H3. The lowest BCUT2D eigenvalue weighted by Crippen LogP contribution is -2.49. The molecule has 2 nitrogen and oxygen atoms in total. The molecule has 1 saturated heterocycles. The van der Waals surface area contributed by atoms with Gasteiger partial charge in [0.2, 0.25) is 0 Å². The Morgan fingerprint density at radius 2 is 1.92 bits per heavy atom. The number of hydrogen-bond donors (Lipinski definition) is 0. The molecule has 0 N–H and O–H groups in total. The Balaban J connectivity index is 2.82. The molecule has 1 unspecified atom stereocenters. The SMILES string of the molecule is CCC(C#N)(C(C)C)N1CCCC1. The molecule has 74 valence electrons. The van der Waals surface area contributed by atoms with Crippen molar-refractivity contribution in [2.75, 3.05) is 13.1 Å². The van der Waals surface area contributed by atoms with Gasteiger partial charge < -0.3 is 0 Å². The smallest absolute Gasteiger partial charge is 0.111 e. The second kappa shape index (κ2) is 4.11. The van der Waals surface area contributed by atoms with E-state index in [9.17, 15) is 5.26 Å². The summed E-state index contributed by atoms with van der Waals surface area (Å²) in [7, 11) is 0. The van der Waals surface area contributed by atoms with E-state index in [1.54, 1.807) is 0 Å². The summed E-state index contributed by atoms with van der Waals surface area (Å²) in [5.74, 6) is 0.431. The molecule has 1 fully saturated rings. The van der Waals surface area contributed by atoms with Crippen molar-refractivity contribution in [1.29, 1.82) is 5.26 Å². The fraction of sp³-hybridized carbons (Fsp3) is 0.909. The Hall–Kier alpha value is -0.550. The molecule has 0 aliphatic carbocycles. The second-order valence-electron chi connectivity index (χ2n) is 4.24. The van der Waals surface area contributed by atoms with Crippen molar-refractivity contribution in [2.24, 2.45) is 5.92 Å². The molecule has 0 aromatic carbocycles. The van der Waals surface area contributed by atoms with E-state index in [0.717, 1.165) is 19.5 Å². The topological polar surface area (TPSA) is 27.0 Å². The van der Waals surface area contributed by atoms with Crippen LogP contribution >= 0.6 is 0 Å². The zero-order chi connectivity index (χ0) is 9.90. The lowest BCUT2D eigenvalue weighted by atomic mass is 9.84. The first-order valence-electron chi connectivity index (χ1n) is 5.33. The van der Waals surface area contributed by atoms with Crippen molar-refractivity contribution in [1.82, 2.24) is 4.90 Å². The van der Waals surface area contributed by atoms with Crippen LogP contribution in [0.25, 0.3) is 0 Å². The largest absolute Gasteiger partial charge is 0.285 e. The fourth-order valence-electron chi connectivity index (χ4n) is 2.39. The van der Waals surface area contributed by atoms with Crippen molar-refractivity contribution in [3.63, 3.8) is 0 Å². The number of nitriles is 1. The van der Waals surface area contributed by atoms with Crippen LogP contribution in [0, 0.1) is 17.2 Å². The molecule has 0 aromatic heterocycles. The summed E-state index contributed by atoms with van der Waals surface area (Å²) in [5.41, 5.74) is -0.198. The monoisotopic (exact) mass is 180 g/mol. The summed E-state index contributed by atoms with van der Waals surface area (Å²) in [6, 6.07) is 2.53. The summed E-state index contributed by atoms with van der Waals surface area (Å²) in [6.45, 7) is 8.66. The highest BCUT2D eigenvalue weighted by atomic mass is 15.2. The average Bonchev–Trinajstić information content (AvgIpc) is 2.60. The van der Waals surface area contributed by atoms with Gasteiger partial charge in [0.15, 0.2) is 0 Å². The minimum atomic E-state index is -0.198. The highest BCUT2D eigenvalue weighted by Crippen LogP contribution is 2.31. The minimum Gasteiger partial charge on any atom is -0.285 e. The minimum absolute atomic E-state index is 0.198. The van der Waals surface area contributed by atoms with Gasteiger partial charge in [0, 0.05) is 0 Å². The average molecular weight is 180 g/mol. The van der Waals surface area contributed by atoms with Gasteiger partial charge in [-0.2, -0.15) is 5.26 Å². The maximum atomic E-state index is 9.32. The van der Waals surface area contributed by atoms with Crippen LogP contribution < -0.4 is 0 Å². The Bertz CT molecular complexity index is 199. The zero-order valence-electron chi connectivity index (χ0n) is 9.01. The van der Waals surface area contributed by atoms with Crippen LogP contribution in [0.4, 0.5) is 0 Å². The lowest BCUT2D eigenvalue weighted by Gasteiger charge is -2.38. The molecule has 0 radical (unpaired) electrons. The normalized spacial score (nSPS) is 23.0. The summed E-state index contributed by atoms with van der Waals surface area (Å²) in [6.07, 6.45) is 3.47.